The molecule has 0 atom stereocenters. The summed E-state index contributed by atoms with van der Waals surface area (Å²) in [6.07, 6.45) is 0. The number of sulfonamides is 1. The van der Waals surface area contributed by atoms with Gasteiger partial charge >= 0.3 is 5.63 Å². The van der Waals surface area contributed by atoms with E-state index in [0.717, 1.165) is 5.39 Å². The normalized spacial score (nSPS) is 11.4. The zero-order chi connectivity index (χ0) is 26.0. The quantitative estimate of drug-likeness (QED) is 0.282. The molecular formula is C27H21N3O5S2. The highest BCUT2D eigenvalue weighted by Crippen LogP contribution is 2.27. The van der Waals surface area contributed by atoms with Gasteiger partial charge in [-0.25, -0.2) is 18.2 Å². The minimum atomic E-state index is -3.80. The number of para-hydroxylation sites is 2. The molecular weight excluding hydrogens is 510 g/mol. The molecule has 0 aliphatic heterocycles. The van der Waals surface area contributed by atoms with Gasteiger partial charge < -0.3 is 4.42 Å². The number of carbonyl (C=O) groups excluding carboxylic acids is 1. The first-order valence-electron chi connectivity index (χ1n) is 11.3. The number of fused-ring (bicyclic) bond motifs is 1. The van der Waals surface area contributed by atoms with Crippen LogP contribution in [0.4, 0.5) is 10.8 Å². The van der Waals surface area contributed by atoms with Crippen molar-refractivity contribution in [2.75, 3.05) is 16.2 Å². The van der Waals surface area contributed by atoms with E-state index >= 15 is 0 Å². The number of carbonyl (C=O) groups is 1. The zero-order valence-electron chi connectivity index (χ0n) is 19.6. The van der Waals surface area contributed by atoms with Crippen LogP contribution in [0.15, 0.2) is 104 Å². The number of nitrogens with one attached hydrogen (secondary N) is 1. The third kappa shape index (κ3) is 4.89. The van der Waals surface area contributed by atoms with Gasteiger partial charge in [0.05, 0.1) is 21.8 Å². The van der Waals surface area contributed by atoms with Crippen LogP contribution >= 0.6 is 11.3 Å². The SMILES string of the molecule is CCN(c1ccccc1)S(=O)(=O)c1ccc(C(=O)Nc2nc(-c3cc4ccccc4oc3=O)cs2)cc1. The Labute approximate surface area is 216 Å². The first-order chi connectivity index (χ1) is 17.9. The predicted octanol–water partition coefficient (Wildman–Crippen LogP) is 5.38. The smallest absolute Gasteiger partial charge is 0.345 e. The van der Waals surface area contributed by atoms with Gasteiger partial charge in [0.1, 0.15) is 5.58 Å². The summed E-state index contributed by atoms with van der Waals surface area (Å²) in [7, 11) is -3.80. The number of benzene rings is 3. The molecule has 1 N–H and O–H groups in total. The lowest BCUT2D eigenvalue weighted by Gasteiger charge is -2.22. The van der Waals surface area contributed by atoms with Gasteiger partial charge in [0.15, 0.2) is 5.13 Å². The van der Waals surface area contributed by atoms with Crippen molar-refractivity contribution in [3.8, 4) is 11.3 Å². The average molecular weight is 532 g/mol. The van der Waals surface area contributed by atoms with Gasteiger partial charge in [0, 0.05) is 22.9 Å². The van der Waals surface area contributed by atoms with Crippen molar-refractivity contribution in [3.63, 3.8) is 0 Å². The van der Waals surface area contributed by atoms with E-state index in [0.29, 0.717) is 27.7 Å². The Kier molecular flexibility index (Phi) is 6.60. The molecule has 5 aromatic rings. The lowest BCUT2D eigenvalue weighted by molar-refractivity contribution is 0.102. The molecule has 10 heteroatoms. The second-order valence-electron chi connectivity index (χ2n) is 8.01. The van der Waals surface area contributed by atoms with Gasteiger partial charge in [-0.1, -0.05) is 36.4 Å². The van der Waals surface area contributed by atoms with Gasteiger partial charge in [-0.15, -0.1) is 11.3 Å². The molecule has 0 unspecified atom stereocenters. The number of anilines is 2. The van der Waals surface area contributed by atoms with Crippen LogP contribution in [0.5, 0.6) is 0 Å². The fraction of sp³-hybridized carbons (Fsp3) is 0.0741. The third-order valence-corrected chi connectivity index (χ3v) is 8.35. The summed E-state index contributed by atoms with van der Waals surface area (Å²) in [5.41, 5.74) is 1.48. The topological polar surface area (TPSA) is 110 Å². The maximum Gasteiger partial charge on any atom is 0.345 e. The van der Waals surface area contributed by atoms with Crippen molar-refractivity contribution < 1.29 is 17.6 Å². The molecule has 8 nitrogen and oxygen atoms in total. The second kappa shape index (κ2) is 10.00. The van der Waals surface area contributed by atoms with E-state index in [1.165, 1.54) is 39.9 Å². The molecule has 0 bridgehead atoms. The third-order valence-electron chi connectivity index (χ3n) is 5.68. The zero-order valence-corrected chi connectivity index (χ0v) is 21.3. The molecule has 0 aliphatic rings. The minimum Gasteiger partial charge on any atom is -0.422 e. The van der Waals surface area contributed by atoms with E-state index in [-0.39, 0.29) is 17.0 Å². The molecule has 0 aliphatic carbocycles. The van der Waals surface area contributed by atoms with Gasteiger partial charge in [0.2, 0.25) is 0 Å². The molecule has 5 rings (SSSR count). The second-order valence-corrected chi connectivity index (χ2v) is 10.7. The first-order valence-corrected chi connectivity index (χ1v) is 13.7. The molecule has 0 spiro atoms. The van der Waals surface area contributed by atoms with Crippen molar-refractivity contribution in [2.24, 2.45) is 0 Å². The van der Waals surface area contributed by atoms with E-state index in [4.69, 9.17) is 4.42 Å². The van der Waals surface area contributed by atoms with E-state index in [1.54, 1.807) is 54.8 Å². The summed E-state index contributed by atoms with van der Waals surface area (Å²) in [4.78, 5) is 29.6. The maximum absolute atomic E-state index is 13.2. The summed E-state index contributed by atoms with van der Waals surface area (Å²) < 4.78 is 33.0. The number of hydrogen-bond acceptors (Lipinski definition) is 7. The summed E-state index contributed by atoms with van der Waals surface area (Å²) in [5.74, 6) is -0.453. The fourth-order valence-electron chi connectivity index (χ4n) is 3.86. The van der Waals surface area contributed by atoms with Crippen molar-refractivity contribution in [3.05, 3.63) is 106 Å². The fourth-order valence-corrected chi connectivity index (χ4v) is 6.04. The Morgan fingerprint density at radius 1 is 1.00 bits per heavy atom. The van der Waals surface area contributed by atoms with Crippen molar-refractivity contribution in [1.82, 2.24) is 4.98 Å². The van der Waals surface area contributed by atoms with Crippen molar-refractivity contribution in [1.29, 1.82) is 0 Å². The lowest BCUT2D eigenvalue weighted by Crippen LogP contribution is -2.30. The Balaban J connectivity index is 1.33. The predicted molar refractivity (Wildman–Crippen MR) is 145 cm³/mol. The molecule has 0 radical (unpaired) electrons. The average Bonchev–Trinajstić information content (AvgIpc) is 3.37. The summed E-state index contributed by atoms with van der Waals surface area (Å²) in [5, 5.41) is 5.42. The van der Waals surface area contributed by atoms with Crippen LogP contribution in [0, 0.1) is 0 Å². The Hall–Kier alpha value is -4.28. The van der Waals surface area contributed by atoms with Crippen molar-refractivity contribution in [2.45, 2.75) is 11.8 Å². The molecule has 2 aromatic heterocycles. The van der Waals surface area contributed by atoms with Crippen LogP contribution in [0.3, 0.4) is 0 Å². The Morgan fingerprint density at radius 2 is 1.70 bits per heavy atom. The number of amides is 1. The summed E-state index contributed by atoms with van der Waals surface area (Å²) in [6, 6.07) is 23.4. The highest BCUT2D eigenvalue weighted by molar-refractivity contribution is 7.92. The Morgan fingerprint density at radius 3 is 2.43 bits per heavy atom. The van der Waals surface area contributed by atoms with Crippen LogP contribution in [0.2, 0.25) is 0 Å². The molecule has 0 saturated carbocycles. The van der Waals surface area contributed by atoms with Crippen LogP contribution in [0.1, 0.15) is 17.3 Å². The molecule has 37 heavy (non-hydrogen) atoms. The Bertz CT molecular complexity index is 1740. The molecule has 0 saturated heterocycles. The van der Waals surface area contributed by atoms with Gasteiger partial charge in [0.25, 0.3) is 15.9 Å². The number of thiazole rings is 1. The first kappa shape index (κ1) is 24.4. The van der Waals surface area contributed by atoms with Crippen LogP contribution in [-0.2, 0) is 10.0 Å². The highest BCUT2D eigenvalue weighted by Gasteiger charge is 2.24. The largest absolute Gasteiger partial charge is 0.422 e. The number of rotatable bonds is 7. The number of aromatic nitrogens is 1. The maximum atomic E-state index is 13.2. The van der Waals surface area contributed by atoms with E-state index < -0.39 is 21.6 Å². The number of hydrogen-bond donors (Lipinski definition) is 1. The van der Waals surface area contributed by atoms with E-state index in [9.17, 15) is 18.0 Å². The molecule has 0 fully saturated rings. The molecule has 186 valence electrons. The standard InChI is InChI=1S/C27H21N3O5S2/c1-2-30(20-9-4-3-5-10-20)37(33,34)21-14-12-18(13-15-21)25(31)29-27-28-23(17-36-27)22-16-19-8-6-7-11-24(19)35-26(22)32/h3-17H,2H2,1H3,(H,28,29,31). The minimum absolute atomic E-state index is 0.0781. The summed E-state index contributed by atoms with van der Waals surface area (Å²) >= 11 is 1.17. The van der Waals surface area contributed by atoms with Crippen LogP contribution in [-0.4, -0.2) is 25.9 Å². The van der Waals surface area contributed by atoms with Crippen molar-refractivity contribution >= 4 is 49.1 Å². The van der Waals surface area contributed by atoms with E-state index in [2.05, 4.69) is 10.3 Å². The summed E-state index contributed by atoms with van der Waals surface area (Å²) in [6.45, 7) is 2.02. The van der Waals surface area contributed by atoms with Gasteiger partial charge in [-0.2, -0.15) is 0 Å². The molecule has 1 amide bonds. The molecule has 3 aromatic carbocycles. The van der Waals surface area contributed by atoms with E-state index in [1.807, 2.05) is 18.2 Å². The van der Waals surface area contributed by atoms with Crippen LogP contribution in [0.25, 0.3) is 22.2 Å². The lowest BCUT2D eigenvalue weighted by atomic mass is 10.1. The highest BCUT2D eigenvalue weighted by atomic mass is 32.2. The van der Waals surface area contributed by atoms with Crippen LogP contribution < -0.4 is 15.2 Å². The van der Waals surface area contributed by atoms with Gasteiger partial charge in [-0.05, 0) is 55.5 Å². The monoisotopic (exact) mass is 531 g/mol. The number of nitrogens with zero attached hydrogens (tertiary/aromatic N) is 2. The van der Waals surface area contributed by atoms with Gasteiger partial charge in [-0.3, -0.25) is 14.4 Å². The molecule has 2 heterocycles.